The first-order valence-corrected chi connectivity index (χ1v) is 8.24. The number of aromatic nitrogens is 4. The molecule has 1 aromatic rings. The lowest BCUT2D eigenvalue weighted by atomic mass is 9.98. The SMILES string of the molecule is CCCNC(C)(C#N)CCCSc1nnnn1C1CC1. The van der Waals surface area contributed by atoms with E-state index in [2.05, 4.69) is 33.8 Å². The van der Waals surface area contributed by atoms with Gasteiger partial charge >= 0.3 is 0 Å². The maximum Gasteiger partial charge on any atom is 0.209 e. The predicted octanol–water partition coefficient (Wildman–Crippen LogP) is 2.16. The summed E-state index contributed by atoms with van der Waals surface area (Å²) in [4.78, 5) is 0. The Balaban J connectivity index is 1.72. The molecule has 1 aromatic heterocycles. The molecule has 1 unspecified atom stereocenters. The Kier molecular flexibility index (Phi) is 5.38. The van der Waals surface area contributed by atoms with Crippen molar-refractivity contribution in [3.63, 3.8) is 0 Å². The molecule has 1 aliphatic rings. The lowest BCUT2D eigenvalue weighted by molar-refractivity contribution is 0.415. The van der Waals surface area contributed by atoms with Crippen molar-refractivity contribution in [1.29, 1.82) is 5.26 Å². The Morgan fingerprint density at radius 1 is 1.55 bits per heavy atom. The predicted molar refractivity (Wildman–Crippen MR) is 78.4 cm³/mol. The van der Waals surface area contributed by atoms with Gasteiger partial charge in [-0.1, -0.05) is 18.7 Å². The number of nitrogens with zero attached hydrogens (tertiary/aromatic N) is 5. The van der Waals surface area contributed by atoms with Gasteiger partial charge < -0.3 is 0 Å². The van der Waals surface area contributed by atoms with E-state index in [1.54, 1.807) is 11.8 Å². The van der Waals surface area contributed by atoms with E-state index in [-0.39, 0.29) is 0 Å². The zero-order valence-electron chi connectivity index (χ0n) is 12.2. The van der Waals surface area contributed by atoms with Crippen LogP contribution in [-0.2, 0) is 0 Å². The van der Waals surface area contributed by atoms with E-state index < -0.39 is 5.54 Å². The monoisotopic (exact) mass is 294 g/mol. The highest BCUT2D eigenvalue weighted by Crippen LogP contribution is 2.36. The van der Waals surface area contributed by atoms with E-state index in [4.69, 9.17) is 0 Å². The minimum atomic E-state index is -0.418. The molecule has 7 heteroatoms. The van der Waals surface area contributed by atoms with E-state index in [0.717, 1.165) is 36.7 Å². The third-order valence-electron chi connectivity index (χ3n) is 3.42. The highest BCUT2D eigenvalue weighted by atomic mass is 32.2. The minimum absolute atomic E-state index is 0.418. The van der Waals surface area contributed by atoms with Gasteiger partial charge in [-0.3, -0.25) is 5.32 Å². The smallest absolute Gasteiger partial charge is 0.209 e. The van der Waals surface area contributed by atoms with Gasteiger partial charge in [-0.05, 0) is 56.0 Å². The lowest BCUT2D eigenvalue weighted by Crippen LogP contribution is -2.41. The van der Waals surface area contributed by atoms with E-state index in [1.165, 1.54) is 12.8 Å². The molecule has 1 heterocycles. The highest BCUT2D eigenvalue weighted by Gasteiger charge is 2.28. The number of hydrogen-bond donors (Lipinski definition) is 1. The van der Waals surface area contributed by atoms with Crippen LogP contribution in [-0.4, -0.2) is 38.0 Å². The summed E-state index contributed by atoms with van der Waals surface area (Å²) in [6.45, 7) is 4.97. The van der Waals surface area contributed by atoms with Gasteiger partial charge in [-0.25, -0.2) is 4.68 Å². The Morgan fingerprint density at radius 2 is 2.35 bits per heavy atom. The van der Waals surface area contributed by atoms with Gasteiger partial charge in [0, 0.05) is 5.75 Å². The highest BCUT2D eigenvalue weighted by molar-refractivity contribution is 7.99. The van der Waals surface area contributed by atoms with Crippen LogP contribution in [0.25, 0.3) is 0 Å². The standard InChI is InChI=1S/C13H22N6S/c1-3-8-15-13(2,10-14)7-4-9-20-12-16-17-18-19(12)11-5-6-11/h11,15H,3-9H2,1-2H3. The Hall–Kier alpha value is -1.13. The molecule has 20 heavy (non-hydrogen) atoms. The molecule has 1 fully saturated rings. The van der Waals surface area contributed by atoms with Crippen molar-refractivity contribution in [1.82, 2.24) is 25.5 Å². The number of nitriles is 1. The van der Waals surface area contributed by atoms with Crippen LogP contribution in [0.3, 0.4) is 0 Å². The van der Waals surface area contributed by atoms with Crippen molar-refractivity contribution in [3.8, 4) is 6.07 Å². The maximum atomic E-state index is 9.26. The number of nitrogens with one attached hydrogen (secondary N) is 1. The maximum absolute atomic E-state index is 9.26. The molecule has 0 aromatic carbocycles. The molecule has 0 bridgehead atoms. The van der Waals surface area contributed by atoms with Crippen molar-refractivity contribution in [3.05, 3.63) is 0 Å². The second-order valence-corrected chi connectivity index (χ2v) is 6.52. The fourth-order valence-corrected chi connectivity index (χ4v) is 2.89. The van der Waals surface area contributed by atoms with Crippen LogP contribution in [0.2, 0.25) is 0 Å². The van der Waals surface area contributed by atoms with Crippen LogP contribution in [0, 0.1) is 11.3 Å². The summed E-state index contributed by atoms with van der Waals surface area (Å²) in [5.41, 5.74) is -0.418. The molecule has 0 aliphatic heterocycles. The van der Waals surface area contributed by atoms with Crippen molar-refractivity contribution in [2.45, 2.75) is 62.7 Å². The molecule has 6 nitrogen and oxygen atoms in total. The third kappa shape index (κ3) is 4.18. The molecule has 0 spiro atoms. The normalized spacial score (nSPS) is 17.6. The third-order valence-corrected chi connectivity index (χ3v) is 4.44. The molecule has 2 rings (SSSR count). The topological polar surface area (TPSA) is 79.4 Å². The number of rotatable bonds is 9. The number of tetrazole rings is 1. The summed E-state index contributed by atoms with van der Waals surface area (Å²) in [7, 11) is 0. The molecule has 0 radical (unpaired) electrons. The second-order valence-electron chi connectivity index (χ2n) is 5.46. The average Bonchev–Trinajstić information content (AvgIpc) is 3.20. The van der Waals surface area contributed by atoms with Crippen molar-refractivity contribution in [2.24, 2.45) is 0 Å². The van der Waals surface area contributed by atoms with Crippen molar-refractivity contribution < 1.29 is 0 Å². The molecular formula is C13H22N6S. The zero-order valence-corrected chi connectivity index (χ0v) is 13.0. The fraction of sp³-hybridized carbons (Fsp3) is 0.846. The molecule has 1 N–H and O–H groups in total. The first-order valence-electron chi connectivity index (χ1n) is 7.25. The van der Waals surface area contributed by atoms with Gasteiger partial charge in [0.2, 0.25) is 5.16 Å². The van der Waals surface area contributed by atoms with E-state index in [1.807, 2.05) is 11.6 Å². The summed E-state index contributed by atoms with van der Waals surface area (Å²) < 4.78 is 1.93. The van der Waals surface area contributed by atoms with Gasteiger partial charge in [0.1, 0.15) is 5.54 Å². The van der Waals surface area contributed by atoms with Gasteiger partial charge in [0.15, 0.2) is 0 Å². The quantitative estimate of drug-likeness (QED) is 0.555. The zero-order chi connectivity index (χ0) is 14.4. The van der Waals surface area contributed by atoms with Gasteiger partial charge in [0.25, 0.3) is 0 Å². The van der Waals surface area contributed by atoms with Crippen LogP contribution in [0.15, 0.2) is 5.16 Å². The van der Waals surface area contributed by atoms with Crippen molar-refractivity contribution >= 4 is 11.8 Å². The van der Waals surface area contributed by atoms with E-state index >= 15 is 0 Å². The van der Waals surface area contributed by atoms with Crippen LogP contribution in [0.1, 0.15) is 52.0 Å². The largest absolute Gasteiger partial charge is 0.300 e. The molecule has 110 valence electrons. The Labute approximate surface area is 124 Å². The van der Waals surface area contributed by atoms with E-state index in [0.29, 0.717) is 6.04 Å². The van der Waals surface area contributed by atoms with Gasteiger partial charge in [0.05, 0.1) is 12.1 Å². The molecular weight excluding hydrogens is 272 g/mol. The van der Waals surface area contributed by atoms with E-state index in [9.17, 15) is 5.26 Å². The average molecular weight is 294 g/mol. The molecule has 1 aliphatic carbocycles. The number of thioether (sulfide) groups is 1. The summed E-state index contributed by atoms with van der Waals surface area (Å²) in [6.07, 6.45) is 5.24. The van der Waals surface area contributed by atoms with Gasteiger partial charge in [-0.2, -0.15) is 5.26 Å². The Morgan fingerprint density at radius 3 is 3.00 bits per heavy atom. The molecule has 0 saturated heterocycles. The number of hydrogen-bond acceptors (Lipinski definition) is 6. The lowest BCUT2D eigenvalue weighted by Gasteiger charge is -2.22. The molecule has 1 atom stereocenters. The summed E-state index contributed by atoms with van der Waals surface area (Å²) in [6, 6.07) is 2.90. The first kappa shape index (κ1) is 15.3. The molecule has 0 amide bonds. The van der Waals surface area contributed by atoms with Crippen LogP contribution < -0.4 is 5.32 Å². The van der Waals surface area contributed by atoms with Gasteiger partial charge in [-0.15, -0.1) is 5.10 Å². The van der Waals surface area contributed by atoms with Crippen molar-refractivity contribution in [2.75, 3.05) is 12.3 Å². The molecule has 1 saturated carbocycles. The summed E-state index contributed by atoms with van der Waals surface area (Å²) in [5, 5.41) is 25.3. The summed E-state index contributed by atoms with van der Waals surface area (Å²) >= 11 is 1.69. The van der Waals surface area contributed by atoms with Crippen LogP contribution in [0.5, 0.6) is 0 Å². The summed E-state index contributed by atoms with van der Waals surface area (Å²) in [5.74, 6) is 0.943. The first-order chi connectivity index (χ1) is 9.68. The second kappa shape index (κ2) is 7.04. The van der Waals surface area contributed by atoms with Crippen LogP contribution >= 0.6 is 11.8 Å². The fourth-order valence-electron chi connectivity index (χ4n) is 2.00. The van der Waals surface area contributed by atoms with Crippen LogP contribution in [0.4, 0.5) is 0 Å². The minimum Gasteiger partial charge on any atom is -0.300 e. The Bertz CT molecular complexity index is 464.